The van der Waals surface area contributed by atoms with Crippen molar-refractivity contribution in [3.63, 3.8) is 0 Å². The summed E-state index contributed by atoms with van der Waals surface area (Å²) in [6, 6.07) is 0. The van der Waals surface area contributed by atoms with Crippen LogP contribution in [0.3, 0.4) is 0 Å². The van der Waals surface area contributed by atoms with Gasteiger partial charge in [-0.3, -0.25) is 9.79 Å². The number of hydrogen-bond donors (Lipinski definition) is 0. The van der Waals surface area contributed by atoms with Crippen molar-refractivity contribution in [3.8, 4) is 0 Å². The number of carbonyl (C=O) groups excluding carboxylic acids is 1. The molecule has 124 valence electrons. The van der Waals surface area contributed by atoms with Crippen LogP contribution in [0.5, 0.6) is 0 Å². The maximum atomic E-state index is 14.6. The molecule has 22 heavy (non-hydrogen) atoms. The van der Waals surface area contributed by atoms with Gasteiger partial charge in [0.1, 0.15) is 4.32 Å². The lowest BCUT2D eigenvalue weighted by atomic mass is 10.0. The molecule has 0 saturated heterocycles. The lowest BCUT2D eigenvalue weighted by Crippen LogP contribution is -2.53. The van der Waals surface area contributed by atoms with E-state index >= 15 is 0 Å². The first-order valence-corrected chi connectivity index (χ1v) is 8.81. The lowest BCUT2D eigenvalue weighted by molar-refractivity contribution is -0.133. The Morgan fingerprint density at radius 2 is 1.77 bits per heavy atom. The van der Waals surface area contributed by atoms with Crippen molar-refractivity contribution >= 4 is 40.4 Å². The summed E-state index contributed by atoms with van der Waals surface area (Å²) in [6.45, 7) is 10.2. The number of halogens is 1. The number of thioether (sulfide) groups is 1. The topological polar surface area (TPSA) is 35.9 Å². The van der Waals surface area contributed by atoms with Crippen LogP contribution in [-0.2, 0) is 4.79 Å². The van der Waals surface area contributed by atoms with Crippen molar-refractivity contribution < 1.29 is 9.18 Å². The normalized spacial score (nSPS) is 23.4. The van der Waals surface area contributed by atoms with Gasteiger partial charge < -0.3 is 9.80 Å². The van der Waals surface area contributed by atoms with Crippen LogP contribution in [0.4, 0.5) is 4.39 Å². The van der Waals surface area contributed by atoms with Crippen LogP contribution in [0.15, 0.2) is 17.1 Å². The molecule has 1 aliphatic rings. The average Bonchev–Trinajstić information content (AvgIpc) is 2.52. The van der Waals surface area contributed by atoms with E-state index in [9.17, 15) is 9.18 Å². The minimum atomic E-state index is -1.64. The molecule has 1 amide bonds. The number of dihydropyridines is 1. The second kappa shape index (κ2) is 8.62. The van der Waals surface area contributed by atoms with Gasteiger partial charge in [0.25, 0.3) is 0 Å². The molecule has 0 N–H and O–H groups in total. The third kappa shape index (κ3) is 3.87. The van der Waals surface area contributed by atoms with Gasteiger partial charge in [0.2, 0.25) is 12.2 Å². The van der Waals surface area contributed by atoms with Crippen LogP contribution in [-0.4, -0.2) is 63.5 Å². The Kier molecular flexibility index (Phi) is 7.48. The number of hydrogen-bond acceptors (Lipinski definition) is 4. The van der Waals surface area contributed by atoms with Crippen LogP contribution in [0, 0.1) is 0 Å². The van der Waals surface area contributed by atoms with Crippen molar-refractivity contribution in [2.45, 2.75) is 38.7 Å². The predicted molar refractivity (Wildman–Crippen MR) is 96.3 cm³/mol. The molecule has 1 rings (SSSR count). The van der Waals surface area contributed by atoms with Crippen molar-refractivity contribution in [1.29, 1.82) is 0 Å². The van der Waals surface area contributed by atoms with Crippen molar-refractivity contribution in [2.24, 2.45) is 4.99 Å². The highest BCUT2D eigenvalue weighted by atomic mass is 32.2. The molecule has 0 fully saturated rings. The molecule has 0 aromatic heterocycles. The second-order valence-corrected chi connectivity index (χ2v) is 6.72. The standard InChI is InChI=1S/C15H24FN3OS2/c1-5-18(6-2)13(20)15(10-9-11-17-12(15)16)22-14(21)19(7-3)8-4/h9-12H,5-8H2,1-4H3. The Labute approximate surface area is 141 Å². The zero-order chi connectivity index (χ0) is 16.8. The maximum absolute atomic E-state index is 14.6. The molecule has 0 aromatic rings. The fourth-order valence-corrected chi connectivity index (χ4v) is 4.12. The lowest BCUT2D eigenvalue weighted by Gasteiger charge is -2.37. The summed E-state index contributed by atoms with van der Waals surface area (Å²) < 4.78 is 13.7. The van der Waals surface area contributed by atoms with Crippen molar-refractivity contribution in [1.82, 2.24) is 9.80 Å². The van der Waals surface area contributed by atoms with Gasteiger partial charge in [-0.1, -0.05) is 30.1 Å². The minimum absolute atomic E-state index is 0.280. The third-order valence-corrected chi connectivity index (χ3v) is 5.45. The Bertz CT molecular complexity index is 462. The predicted octanol–water partition coefficient (Wildman–Crippen LogP) is 2.89. The quantitative estimate of drug-likeness (QED) is 0.548. The van der Waals surface area contributed by atoms with Gasteiger partial charge >= 0.3 is 0 Å². The van der Waals surface area contributed by atoms with Crippen LogP contribution < -0.4 is 0 Å². The second-order valence-electron chi connectivity index (χ2n) is 4.80. The van der Waals surface area contributed by atoms with E-state index in [0.717, 1.165) is 24.9 Å². The molecule has 1 heterocycles. The number of alkyl halides is 1. The largest absolute Gasteiger partial charge is 0.358 e. The molecule has 7 heteroatoms. The molecular weight excluding hydrogens is 321 g/mol. The molecule has 0 radical (unpaired) electrons. The average molecular weight is 346 g/mol. The van der Waals surface area contributed by atoms with E-state index < -0.39 is 11.0 Å². The SMILES string of the molecule is CCN(CC)C(=O)C1(SC(=S)N(CC)CC)C=CC=NC1F. The number of rotatable bonds is 6. The highest BCUT2D eigenvalue weighted by Gasteiger charge is 2.49. The summed E-state index contributed by atoms with van der Waals surface area (Å²) in [6.07, 6.45) is 2.96. The van der Waals surface area contributed by atoms with Crippen molar-refractivity contribution in [2.75, 3.05) is 26.2 Å². The first-order chi connectivity index (χ1) is 10.5. The van der Waals surface area contributed by atoms with Crippen LogP contribution >= 0.6 is 24.0 Å². The van der Waals surface area contributed by atoms with E-state index in [2.05, 4.69) is 4.99 Å². The van der Waals surface area contributed by atoms with Gasteiger partial charge in [-0.25, -0.2) is 4.39 Å². The molecule has 1 aliphatic heterocycles. The molecule has 0 spiro atoms. The van der Waals surface area contributed by atoms with Gasteiger partial charge in [0, 0.05) is 32.4 Å². The van der Waals surface area contributed by atoms with Crippen LogP contribution in [0.2, 0.25) is 0 Å². The summed E-state index contributed by atoms with van der Waals surface area (Å²) in [4.78, 5) is 20.2. The fraction of sp³-hybridized carbons (Fsp3) is 0.667. The number of aliphatic imine (C=N–C) groups is 1. The fourth-order valence-electron chi connectivity index (χ4n) is 2.25. The first-order valence-electron chi connectivity index (χ1n) is 7.59. The van der Waals surface area contributed by atoms with Gasteiger partial charge in [0.05, 0.1) is 0 Å². The smallest absolute Gasteiger partial charge is 0.248 e. The Morgan fingerprint density at radius 1 is 1.23 bits per heavy atom. The van der Waals surface area contributed by atoms with Gasteiger partial charge in [-0.15, -0.1) is 0 Å². The number of allylic oxidation sites excluding steroid dienone is 1. The molecular formula is C15H24FN3OS2. The third-order valence-electron chi connectivity index (χ3n) is 3.66. The number of carbonyl (C=O) groups is 1. The van der Waals surface area contributed by atoms with Crippen LogP contribution in [0.1, 0.15) is 27.7 Å². The summed E-state index contributed by atoms with van der Waals surface area (Å²) >= 11 is 6.51. The zero-order valence-corrected chi connectivity index (χ0v) is 15.2. The summed E-state index contributed by atoms with van der Waals surface area (Å²) in [5.74, 6) is -0.280. The van der Waals surface area contributed by atoms with E-state index in [0.29, 0.717) is 17.4 Å². The highest BCUT2D eigenvalue weighted by molar-refractivity contribution is 8.24. The molecule has 2 atom stereocenters. The number of nitrogens with zero attached hydrogens (tertiary/aromatic N) is 3. The number of amides is 1. The molecule has 0 aliphatic carbocycles. The zero-order valence-electron chi connectivity index (χ0n) is 13.6. The molecule has 0 bridgehead atoms. The van der Waals surface area contributed by atoms with E-state index in [1.807, 2.05) is 32.6 Å². The molecule has 0 aromatic carbocycles. The Morgan fingerprint density at radius 3 is 2.23 bits per heavy atom. The summed E-state index contributed by atoms with van der Waals surface area (Å²) in [7, 11) is 0. The molecule has 2 unspecified atom stereocenters. The first kappa shape index (κ1) is 19.1. The van der Waals surface area contributed by atoms with Gasteiger partial charge in [0.15, 0.2) is 4.75 Å². The van der Waals surface area contributed by atoms with E-state index in [1.54, 1.807) is 17.1 Å². The van der Waals surface area contributed by atoms with E-state index in [1.165, 1.54) is 6.21 Å². The molecule has 0 saturated carbocycles. The van der Waals surface area contributed by atoms with E-state index in [-0.39, 0.29) is 5.91 Å². The van der Waals surface area contributed by atoms with Gasteiger partial charge in [-0.2, -0.15) is 0 Å². The monoisotopic (exact) mass is 345 g/mol. The highest BCUT2D eigenvalue weighted by Crippen LogP contribution is 2.38. The van der Waals surface area contributed by atoms with Crippen LogP contribution in [0.25, 0.3) is 0 Å². The van der Waals surface area contributed by atoms with Gasteiger partial charge in [-0.05, 0) is 33.8 Å². The minimum Gasteiger partial charge on any atom is -0.358 e. The summed E-state index contributed by atoms with van der Waals surface area (Å²) in [5, 5.41) is 0. The number of thiocarbonyl (C=S) groups is 1. The van der Waals surface area contributed by atoms with E-state index in [4.69, 9.17) is 12.2 Å². The maximum Gasteiger partial charge on any atom is 0.248 e. The van der Waals surface area contributed by atoms with Crippen molar-refractivity contribution in [3.05, 3.63) is 12.2 Å². The molecule has 4 nitrogen and oxygen atoms in total. The Hall–Kier alpha value is -0.950. The summed E-state index contributed by atoms with van der Waals surface area (Å²) in [5.41, 5.74) is 0. The Balaban J connectivity index is 3.14.